The number of anilines is 2. The van der Waals surface area contributed by atoms with Gasteiger partial charge >= 0.3 is 0 Å². The number of benzene rings is 1. The van der Waals surface area contributed by atoms with Gasteiger partial charge in [0.2, 0.25) is 5.91 Å². The SMILES string of the molecule is CCCCC(=O)Nc1ccc(NC(=O)c2ccc(F)cc2)nc1. The molecule has 2 rings (SSSR count). The van der Waals surface area contributed by atoms with Crippen molar-refractivity contribution in [2.75, 3.05) is 10.6 Å². The first-order valence-electron chi connectivity index (χ1n) is 7.41. The number of aromatic nitrogens is 1. The van der Waals surface area contributed by atoms with Crippen LogP contribution in [0.15, 0.2) is 42.6 Å². The van der Waals surface area contributed by atoms with Gasteiger partial charge in [0.05, 0.1) is 11.9 Å². The zero-order valence-corrected chi connectivity index (χ0v) is 12.8. The molecule has 0 saturated carbocycles. The molecular formula is C17H18FN3O2. The fraction of sp³-hybridized carbons (Fsp3) is 0.235. The maximum atomic E-state index is 12.8. The summed E-state index contributed by atoms with van der Waals surface area (Å²) in [6, 6.07) is 8.49. The summed E-state index contributed by atoms with van der Waals surface area (Å²) < 4.78 is 12.8. The highest BCUT2D eigenvalue weighted by atomic mass is 19.1. The smallest absolute Gasteiger partial charge is 0.256 e. The number of nitrogens with one attached hydrogen (secondary N) is 2. The Morgan fingerprint density at radius 3 is 2.43 bits per heavy atom. The number of rotatable bonds is 6. The van der Waals surface area contributed by atoms with E-state index in [1.807, 2.05) is 6.92 Å². The number of amides is 2. The molecule has 2 amide bonds. The van der Waals surface area contributed by atoms with Gasteiger partial charge in [-0.05, 0) is 42.8 Å². The van der Waals surface area contributed by atoms with Crippen molar-refractivity contribution in [3.05, 3.63) is 54.0 Å². The number of hydrogen-bond donors (Lipinski definition) is 2. The summed E-state index contributed by atoms with van der Waals surface area (Å²) >= 11 is 0. The summed E-state index contributed by atoms with van der Waals surface area (Å²) in [6.45, 7) is 2.02. The Balaban J connectivity index is 1.93. The Morgan fingerprint density at radius 2 is 1.83 bits per heavy atom. The summed E-state index contributed by atoms with van der Waals surface area (Å²) in [5.74, 6) is -0.484. The largest absolute Gasteiger partial charge is 0.325 e. The van der Waals surface area contributed by atoms with Gasteiger partial charge in [0.1, 0.15) is 11.6 Å². The maximum absolute atomic E-state index is 12.8. The number of carbonyl (C=O) groups is 2. The Hall–Kier alpha value is -2.76. The standard InChI is InChI=1S/C17H18FN3O2/c1-2-3-4-16(22)20-14-9-10-15(19-11-14)21-17(23)12-5-7-13(18)8-6-12/h5-11H,2-4H2,1H3,(H,20,22)(H,19,21,23). The third-order valence-electron chi connectivity index (χ3n) is 3.15. The third-order valence-corrected chi connectivity index (χ3v) is 3.15. The van der Waals surface area contributed by atoms with Gasteiger partial charge in [0.15, 0.2) is 0 Å². The lowest BCUT2D eigenvalue weighted by atomic mass is 10.2. The minimum atomic E-state index is -0.400. The summed E-state index contributed by atoms with van der Waals surface area (Å²) in [6.07, 6.45) is 3.74. The van der Waals surface area contributed by atoms with Crippen molar-refractivity contribution in [1.82, 2.24) is 4.98 Å². The van der Waals surface area contributed by atoms with Crippen LogP contribution < -0.4 is 10.6 Å². The van der Waals surface area contributed by atoms with E-state index in [9.17, 15) is 14.0 Å². The monoisotopic (exact) mass is 315 g/mol. The van der Waals surface area contributed by atoms with Gasteiger partial charge in [0, 0.05) is 12.0 Å². The Bertz CT molecular complexity index is 669. The molecule has 23 heavy (non-hydrogen) atoms. The van der Waals surface area contributed by atoms with Gasteiger partial charge in [-0.25, -0.2) is 9.37 Å². The molecule has 0 fully saturated rings. The van der Waals surface area contributed by atoms with E-state index in [0.717, 1.165) is 12.8 Å². The van der Waals surface area contributed by atoms with Crippen LogP contribution in [0.2, 0.25) is 0 Å². The number of pyridine rings is 1. The number of nitrogens with zero attached hydrogens (tertiary/aromatic N) is 1. The van der Waals surface area contributed by atoms with Crippen LogP contribution in [0.1, 0.15) is 36.5 Å². The predicted octanol–water partition coefficient (Wildman–Crippen LogP) is 3.60. The van der Waals surface area contributed by atoms with Crippen molar-refractivity contribution >= 4 is 23.3 Å². The van der Waals surface area contributed by atoms with E-state index in [1.165, 1.54) is 30.5 Å². The average Bonchev–Trinajstić information content (AvgIpc) is 2.55. The Kier molecular flexibility index (Phi) is 5.80. The van der Waals surface area contributed by atoms with Crippen LogP contribution in [0.4, 0.5) is 15.9 Å². The van der Waals surface area contributed by atoms with Crippen molar-refractivity contribution < 1.29 is 14.0 Å². The van der Waals surface area contributed by atoms with E-state index in [-0.39, 0.29) is 11.8 Å². The zero-order chi connectivity index (χ0) is 16.7. The van der Waals surface area contributed by atoms with Gasteiger partial charge < -0.3 is 10.6 Å². The molecule has 0 spiro atoms. The molecule has 1 aromatic heterocycles. The molecule has 1 aromatic carbocycles. The normalized spacial score (nSPS) is 10.2. The van der Waals surface area contributed by atoms with E-state index >= 15 is 0 Å². The van der Waals surface area contributed by atoms with Crippen LogP contribution in [0, 0.1) is 5.82 Å². The van der Waals surface area contributed by atoms with E-state index in [4.69, 9.17) is 0 Å². The molecule has 0 unspecified atom stereocenters. The number of unbranched alkanes of at least 4 members (excludes halogenated alkanes) is 1. The van der Waals surface area contributed by atoms with Crippen molar-refractivity contribution in [1.29, 1.82) is 0 Å². The highest BCUT2D eigenvalue weighted by Gasteiger charge is 2.07. The summed E-state index contributed by atoms with van der Waals surface area (Å²) in [7, 11) is 0. The topological polar surface area (TPSA) is 71.1 Å². The van der Waals surface area contributed by atoms with Gasteiger partial charge in [0.25, 0.3) is 5.91 Å². The second kappa shape index (κ2) is 8.03. The van der Waals surface area contributed by atoms with Crippen LogP contribution in [-0.2, 0) is 4.79 Å². The first-order chi connectivity index (χ1) is 11.1. The Labute approximate surface area is 133 Å². The highest BCUT2D eigenvalue weighted by Crippen LogP contribution is 2.12. The average molecular weight is 315 g/mol. The summed E-state index contributed by atoms with van der Waals surface area (Å²) in [5.41, 5.74) is 0.913. The lowest BCUT2D eigenvalue weighted by Crippen LogP contribution is -2.14. The van der Waals surface area contributed by atoms with E-state index in [0.29, 0.717) is 23.5 Å². The van der Waals surface area contributed by atoms with Crippen LogP contribution in [0.3, 0.4) is 0 Å². The molecule has 0 atom stereocenters. The van der Waals surface area contributed by atoms with E-state index < -0.39 is 5.82 Å². The molecule has 0 saturated heterocycles. The van der Waals surface area contributed by atoms with Crippen LogP contribution in [0.5, 0.6) is 0 Å². The zero-order valence-electron chi connectivity index (χ0n) is 12.8. The molecule has 120 valence electrons. The second-order valence-electron chi connectivity index (χ2n) is 5.04. The first-order valence-corrected chi connectivity index (χ1v) is 7.41. The van der Waals surface area contributed by atoms with Gasteiger partial charge in [-0.15, -0.1) is 0 Å². The van der Waals surface area contributed by atoms with E-state index in [2.05, 4.69) is 15.6 Å². The minimum absolute atomic E-state index is 0.0586. The summed E-state index contributed by atoms with van der Waals surface area (Å²) in [5, 5.41) is 5.35. The highest BCUT2D eigenvalue weighted by molar-refractivity contribution is 6.03. The molecule has 6 heteroatoms. The number of hydrogen-bond acceptors (Lipinski definition) is 3. The molecule has 5 nitrogen and oxygen atoms in total. The maximum Gasteiger partial charge on any atom is 0.256 e. The molecule has 0 aliphatic rings. The lowest BCUT2D eigenvalue weighted by Gasteiger charge is -2.07. The fourth-order valence-corrected chi connectivity index (χ4v) is 1.89. The molecule has 0 radical (unpaired) electrons. The van der Waals surface area contributed by atoms with Crippen LogP contribution >= 0.6 is 0 Å². The Morgan fingerprint density at radius 1 is 1.09 bits per heavy atom. The minimum Gasteiger partial charge on any atom is -0.325 e. The summed E-state index contributed by atoms with van der Waals surface area (Å²) in [4.78, 5) is 27.6. The quantitative estimate of drug-likeness (QED) is 0.855. The molecule has 0 bridgehead atoms. The second-order valence-corrected chi connectivity index (χ2v) is 5.04. The third kappa shape index (κ3) is 5.18. The van der Waals surface area contributed by atoms with Crippen LogP contribution in [0.25, 0.3) is 0 Å². The molecule has 1 heterocycles. The molecule has 2 N–H and O–H groups in total. The van der Waals surface area contributed by atoms with Crippen molar-refractivity contribution in [2.24, 2.45) is 0 Å². The van der Waals surface area contributed by atoms with Gasteiger partial charge in [-0.3, -0.25) is 9.59 Å². The predicted molar refractivity (Wildman–Crippen MR) is 86.7 cm³/mol. The number of carbonyl (C=O) groups excluding carboxylic acids is 2. The van der Waals surface area contributed by atoms with Crippen molar-refractivity contribution in [2.45, 2.75) is 26.2 Å². The molecule has 2 aromatic rings. The van der Waals surface area contributed by atoms with Crippen LogP contribution in [-0.4, -0.2) is 16.8 Å². The fourth-order valence-electron chi connectivity index (χ4n) is 1.89. The van der Waals surface area contributed by atoms with Gasteiger partial charge in [-0.2, -0.15) is 0 Å². The van der Waals surface area contributed by atoms with Crippen molar-refractivity contribution in [3.8, 4) is 0 Å². The first kappa shape index (κ1) is 16.6. The van der Waals surface area contributed by atoms with Gasteiger partial charge in [-0.1, -0.05) is 13.3 Å². The lowest BCUT2D eigenvalue weighted by molar-refractivity contribution is -0.116. The number of halogens is 1. The molecular weight excluding hydrogens is 297 g/mol. The molecule has 0 aliphatic heterocycles. The molecule has 0 aliphatic carbocycles. The van der Waals surface area contributed by atoms with Crippen molar-refractivity contribution in [3.63, 3.8) is 0 Å². The van der Waals surface area contributed by atoms with E-state index in [1.54, 1.807) is 12.1 Å².